The number of aliphatic hydroxyl groups excluding tert-OH is 1. The third kappa shape index (κ3) is 35.1. The number of quaternary nitrogens is 1. The summed E-state index contributed by atoms with van der Waals surface area (Å²) in [6, 6.07) is -0.864. The number of carbonyl (C=O) groups is 1. The number of carbonyl (C=O) groups excluding carboxylic acids is 1. The van der Waals surface area contributed by atoms with Gasteiger partial charge in [-0.05, 0) is 44.9 Å². The van der Waals surface area contributed by atoms with Crippen molar-refractivity contribution < 1.29 is 32.9 Å². The van der Waals surface area contributed by atoms with Gasteiger partial charge in [0.2, 0.25) is 5.91 Å². The molecule has 1 amide bonds. The van der Waals surface area contributed by atoms with Crippen molar-refractivity contribution >= 4 is 13.7 Å². The van der Waals surface area contributed by atoms with E-state index in [1.54, 1.807) is 6.08 Å². The first-order valence-corrected chi connectivity index (χ1v) is 21.9. The summed E-state index contributed by atoms with van der Waals surface area (Å²) < 4.78 is 23.5. The Balaban J connectivity index is 4.57. The molecule has 9 heteroatoms. The molecule has 8 nitrogen and oxygen atoms in total. The fourth-order valence-corrected chi connectivity index (χ4v) is 6.28. The number of aliphatic hydroxyl groups is 1. The normalized spacial score (nSPS) is 14.9. The van der Waals surface area contributed by atoms with E-state index in [-0.39, 0.29) is 19.1 Å². The average Bonchev–Trinajstić information content (AvgIpc) is 3.06. The van der Waals surface area contributed by atoms with Crippen LogP contribution in [0.4, 0.5) is 0 Å². The molecule has 3 N–H and O–H groups in total. The minimum atomic E-state index is -4.34. The van der Waals surface area contributed by atoms with Gasteiger partial charge in [0.1, 0.15) is 13.2 Å². The molecule has 0 aliphatic heterocycles. The number of nitrogens with zero attached hydrogens (tertiary/aromatic N) is 1. The molecule has 294 valence electrons. The minimum Gasteiger partial charge on any atom is -0.387 e. The van der Waals surface area contributed by atoms with Crippen LogP contribution in [0.25, 0.3) is 0 Å². The predicted molar refractivity (Wildman–Crippen MR) is 212 cm³/mol. The molecule has 3 unspecified atom stereocenters. The van der Waals surface area contributed by atoms with E-state index in [2.05, 4.69) is 43.5 Å². The summed E-state index contributed by atoms with van der Waals surface area (Å²) in [4.78, 5) is 23.0. The van der Waals surface area contributed by atoms with Gasteiger partial charge in [0.05, 0.1) is 39.9 Å². The van der Waals surface area contributed by atoms with Gasteiger partial charge in [-0.25, -0.2) is 4.57 Å². The molecular weight excluding hydrogens is 647 g/mol. The van der Waals surface area contributed by atoms with Crippen LogP contribution in [0, 0.1) is 0 Å². The smallest absolute Gasteiger partial charge is 0.387 e. The van der Waals surface area contributed by atoms with Gasteiger partial charge in [-0.2, -0.15) is 0 Å². The zero-order chi connectivity index (χ0) is 37.2. The number of phosphoric acid groups is 1. The molecule has 0 heterocycles. The van der Waals surface area contributed by atoms with Crippen LogP contribution in [-0.2, 0) is 18.4 Å². The number of hydrogen-bond donors (Lipinski definition) is 3. The molecule has 0 aromatic carbocycles. The maximum atomic E-state index is 12.8. The van der Waals surface area contributed by atoms with Crippen molar-refractivity contribution in [2.75, 3.05) is 40.9 Å². The van der Waals surface area contributed by atoms with Crippen LogP contribution in [0.5, 0.6) is 0 Å². The lowest BCUT2D eigenvalue weighted by molar-refractivity contribution is -0.870. The van der Waals surface area contributed by atoms with Gasteiger partial charge in [0.15, 0.2) is 0 Å². The van der Waals surface area contributed by atoms with E-state index in [4.69, 9.17) is 9.05 Å². The standard InChI is InChI=1S/C41H79N2O6P/c1-6-8-10-12-14-16-18-20-22-24-26-28-30-32-34-40(44)39(38-49-50(46,47)48-37-36-43(3,4)5)42-41(45)35-33-31-29-27-25-23-21-19-17-15-13-11-9-7-2/h16,18,24,26,32,34,39-40,44H,6-15,17,19-23,25,27-31,33,35-38H2,1-5H3,(H-,42,45,46,47)/p+1/b18-16+,26-24+,34-32+. The lowest BCUT2D eigenvalue weighted by Gasteiger charge is -2.25. The topological polar surface area (TPSA) is 105 Å². The number of hydrogen-bond acceptors (Lipinski definition) is 5. The Labute approximate surface area is 308 Å². The third-order valence-corrected chi connectivity index (χ3v) is 9.82. The first kappa shape index (κ1) is 48.7. The third-order valence-electron chi connectivity index (χ3n) is 8.84. The SMILES string of the molecule is CCCCCC/C=C/CC/C=C/CC/C=C/C(O)C(COP(=O)(O)OCC[N+](C)(C)C)NC(=O)CCCCCCCCCCCCCCCC. The minimum absolute atomic E-state index is 0.0543. The maximum absolute atomic E-state index is 12.8. The summed E-state index contributed by atoms with van der Waals surface area (Å²) in [7, 11) is 1.54. The lowest BCUT2D eigenvalue weighted by Crippen LogP contribution is -2.45. The Bertz CT molecular complexity index is 917. The van der Waals surface area contributed by atoms with E-state index in [1.165, 1.54) is 103 Å². The Hall–Kier alpha value is -1.28. The predicted octanol–water partition coefficient (Wildman–Crippen LogP) is 10.7. The van der Waals surface area contributed by atoms with E-state index in [0.717, 1.165) is 44.9 Å². The zero-order valence-corrected chi connectivity index (χ0v) is 34.0. The van der Waals surface area contributed by atoms with E-state index < -0.39 is 20.0 Å². The molecule has 0 fully saturated rings. The van der Waals surface area contributed by atoms with Crippen molar-refractivity contribution in [2.24, 2.45) is 0 Å². The Morgan fingerprint density at radius 2 is 1.10 bits per heavy atom. The number of amides is 1. The number of allylic oxidation sites excluding steroid dienone is 5. The fourth-order valence-electron chi connectivity index (χ4n) is 5.54. The van der Waals surface area contributed by atoms with Gasteiger partial charge < -0.3 is 19.8 Å². The van der Waals surface area contributed by atoms with E-state index in [1.807, 2.05) is 27.2 Å². The summed E-state index contributed by atoms with van der Waals surface area (Å²) >= 11 is 0. The van der Waals surface area contributed by atoms with Crippen LogP contribution < -0.4 is 5.32 Å². The molecule has 0 saturated heterocycles. The highest BCUT2D eigenvalue weighted by Gasteiger charge is 2.27. The number of rotatable bonds is 36. The second-order valence-electron chi connectivity index (χ2n) is 15.0. The second kappa shape index (κ2) is 33.5. The van der Waals surface area contributed by atoms with Crippen LogP contribution in [0.1, 0.15) is 168 Å². The fraction of sp³-hybridized carbons (Fsp3) is 0.829. The summed E-state index contributed by atoms with van der Waals surface area (Å²) in [5, 5.41) is 13.7. The molecule has 0 aliphatic rings. The van der Waals surface area contributed by atoms with Crippen LogP contribution in [-0.4, -0.2) is 73.4 Å². The highest BCUT2D eigenvalue weighted by atomic mass is 31.2. The zero-order valence-electron chi connectivity index (χ0n) is 33.1. The molecule has 0 saturated carbocycles. The highest BCUT2D eigenvalue weighted by Crippen LogP contribution is 2.43. The van der Waals surface area contributed by atoms with E-state index in [9.17, 15) is 19.4 Å². The molecule has 0 rings (SSSR count). The van der Waals surface area contributed by atoms with Gasteiger partial charge >= 0.3 is 7.82 Å². The Morgan fingerprint density at radius 3 is 1.60 bits per heavy atom. The van der Waals surface area contributed by atoms with Crippen LogP contribution >= 0.6 is 7.82 Å². The number of likely N-dealkylation sites (N-methyl/N-ethyl adjacent to an activating group) is 1. The van der Waals surface area contributed by atoms with E-state index in [0.29, 0.717) is 17.4 Å². The van der Waals surface area contributed by atoms with Gasteiger partial charge in [0, 0.05) is 6.42 Å². The van der Waals surface area contributed by atoms with Gasteiger partial charge in [-0.15, -0.1) is 0 Å². The van der Waals surface area contributed by atoms with Crippen LogP contribution in [0.2, 0.25) is 0 Å². The number of nitrogens with one attached hydrogen (secondary N) is 1. The lowest BCUT2D eigenvalue weighted by atomic mass is 10.0. The molecule has 0 aromatic heterocycles. The molecular formula is C41H80N2O6P+. The monoisotopic (exact) mass is 728 g/mol. The summed E-state index contributed by atoms with van der Waals surface area (Å²) in [5.41, 5.74) is 0. The summed E-state index contributed by atoms with van der Waals surface area (Å²) in [5.74, 6) is -0.193. The van der Waals surface area contributed by atoms with Crippen molar-refractivity contribution in [3.63, 3.8) is 0 Å². The first-order valence-electron chi connectivity index (χ1n) is 20.4. The molecule has 0 aliphatic carbocycles. The van der Waals surface area contributed by atoms with Crippen molar-refractivity contribution in [3.05, 3.63) is 36.5 Å². The average molecular weight is 728 g/mol. The maximum Gasteiger partial charge on any atom is 0.472 e. The van der Waals surface area contributed by atoms with E-state index >= 15 is 0 Å². The van der Waals surface area contributed by atoms with Crippen LogP contribution in [0.3, 0.4) is 0 Å². The first-order chi connectivity index (χ1) is 24.0. The van der Waals surface area contributed by atoms with Crippen molar-refractivity contribution in [3.8, 4) is 0 Å². The number of phosphoric ester groups is 1. The van der Waals surface area contributed by atoms with Gasteiger partial charge in [-0.3, -0.25) is 13.8 Å². The highest BCUT2D eigenvalue weighted by molar-refractivity contribution is 7.47. The van der Waals surface area contributed by atoms with Crippen LogP contribution in [0.15, 0.2) is 36.5 Å². The molecule has 50 heavy (non-hydrogen) atoms. The molecule has 0 radical (unpaired) electrons. The molecule has 3 atom stereocenters. The second-order valence-corrected chi connectivity index (χ2v) is 16.5. The molecule has 0 spiro atoms. The summed E-state index contributed by atoms with van der Waals surface area (Å²) in [6.07, 6.45) is 39.2. The van der Waals surface area contributed by atoms with Gasteiger partial charge in [0.25, 0.3) is 0 Å². The summed E-state index contributed by atoms with van der Waals surface area (Å²) in [6.45, 7) is 4.74. The van der Waals surface area contributed by atoms with Crippen molar-refractivity contribution in [2.45, 2.75) is 180 Å². The molecule has 0 aromatic rings. The number of unbranched alkanes of at least 4 members (excludes halogenated alkanes) is 19. The van der Waals surface area contributed by atoms with Crippen molar-refractivity contribution in [1.82, 2.24) is 5.32 Å². The largest absolute Gasteiger partial charge is 0.472 e. The molecule has 0 bridgehead atoms. The van der Waals surface area contributed by atoms with Gasteiger partial charge in [-0.1, -0.05) is 153 Å². The quantitative estimate of drug-likeness (QED) is 0.0257. The Morgan fingerprint density at radius 1 is 0.660 bits per heavy atom. The van der Waals surface area contributed by atoms with Crippen molar-refractivity contribution in [1.29, 1.82) is 0 Å². The Kier molecular flexibility index (Phi) is 32.7.